The lowest BCUT2D eigenvalue weighted by molar-refractivity contribution is 0.153. The van der Waals surface area contributed by atoms with Crippen molar-refractivity contribution in [2.45, 2.75) is 38.2 Å². The fraction of sp³-hybridized carbons (Fsp3) is 1.00. The maximum absolute atomic E-state index is 10.9. The fourth-order valence-electron chi connectivity index (χ4n) is 0.640. The van der Waals surface area contributed by atoms with Gasteiger partial charge in [0, 0.05) is 34.9 Å². The van der Waals surface area contributed by atoms with Gasteiger partial charge in [0.05, 0.1) is 6.10 Å². The monoisotopic (exact) mass is 193 g/mol. The van der Waals surface area contributed by atoms with E-state index < -0.39 is 10.8 Å². The first kappa shape index (κ1) is 12.1. The van der Waals surface area contributed by atoms with Crippen molar-refractivity contribution in [3.63, 3.8) is 0 Å². The summed E-state index contributed by atoms with van der Waals surface area (Å²) in [5.74, 6) is 0. The first-order chi connectivity index (χ1) is 5.45. The summed E-state index contributed by atoms with van der Waals surface area (Å²) in [6.07, 6.45) is 1.34. The second-order valence-electron chi connectivity index (χ2n) is 3.25. The molecule has 0 saturated heterocycles. The molecule has 3 nitrogen and oxygen atoms in total. The van der Waals surface area contributed by atoms with E-state index in [2.05, 4.69) is 5.32 Å². The molecule has 0 rings (SSSR count). The molecular formula is C8H19NO2S. The van der Waals surface area contributed by atoms with E-state index in [4.69, 9.17) is 5.11 Å². The minimum Gasteiger partial charge on any atom is -0.392 e. The van der Waals surface area contributed by atoms with Crippen LogP contribution >= 0.6 is 0 Å². The Kier molecular flexibility index (Phi) is 5.70. The molecule has 0 heterocycles. The highest BCUT2D eigenvalue weighted by atomic mass is 32.2. The van der Waals surface area contributed by atoms with E-state index in [-0.39, 0.29) is 17.4 Å². The smallest absolute Gasteiger partial charge is 0.0662 e. The molecule has 12 heavy (non-hydrogen) atoms. The average Bonchev–Trinajstić information content (AvgIpc) is 1.98. The fourth-order valence-corrected chi connectivity index (χ4v) is 0.971. The van der Waals surface area contributed by atoms with Gasteiger partial charge < -0.3 is 10.4 Å². The van der Waals surface area contributed by atoms with Crippen LogP contribution < -0.4 is 5.32 Å². The van der Waals surface area contributed by atoms with E-state index in [1.807, 2.05) is 13.8 Å². The van der Waals surface area contributed by atoms with Gasteiger partial charge in [0.25, 0.3) is 0 Å². The summed E-state index contributed by atoms with van der Waals surface area (Å²) >= 11 is 0. The molecule has 74 valence electrons. The van der Waals surface area contributed by atoms with Gasteiger partial charge in [-0.05, 0) is 20.8 Å². The van der Waals surface area contributed by atoms with Crippen LogP contribution in [0.25, 0.3) is 0 Å². The molecule has 0 aliphatic carbocycles. The van der Waals surface area contributed by atoms with Crippen molar-refractivity contribution in [1.82, 2.24) is 5.32 Å². The van der Waals surface area contributed by atoms with Crippen molar-refractivity contribution < 1.29 is 9.32 Å². The third kappa shape index (κ3) is 4.85. The van der Waals surface area contributed by atoms with Crippen LogP contribution in [0.1, 0.15) is 20.8 Å². The van der Waals surface area contributed by atoms with Gasteiger partial charge in [-0.15, -0.1) is 0 Å². The summed E-state index contributed by atoms with van der Waals surface area (Å²) in [4.78, 5) is 0. The van der Waals surface area contributed by atoms with Gasteiger partial charge in [-0.3, -0.25) is 4.21 Å². The van der Waals surface area contributed by atoms with Crippen LogP contribution in [0.5, 0.6) is 0 Å². The molecule has 0 aromatic rings. The summed E-state index contributed by atoms with van der Waals surface area (Å²) in [6, 6.07) is 0.0657. The zero-order valence-electron chi connectivity index (χ0n) is 8.20. The summed E-state index contributed by atoms with van der Waals surface area (Å²) in [5.41, 5.74) is 0. The molecule has 4 heteroatoms. The zero-order valence-corrected chi connectivity index (χ0v) is 9.02. The van der Waals surface area contributed by atoms with E-state index >= 15 is 0 Å². The number of aliphatic hydroxyl groups excluding tert-OH is 1. The highest BCUT2D eigenvalue weighted by Crippen LogP contribution is 1.94. The number of hydrogen-bond acceptors (Lipinski definition) is 3. The van der Waals surface area contributed by atoms with Crippen molar-refractivity contribution in [2.24, 2.45) is 0 Å². The molecule has 0 aliphatic heterocycles. The van der Waals surface area contributed by atoms with Gasteiger partial charge in [-0.25, -0.2) is 0 Å². The lowest BCUT2D eigenvalue weighted by atomic mass is 10.2. The summed E-state index contributed by atoms with van der Waals surface area (Å²) in [7, 11) is -0.784. The number of rotatable bonds is 5. The molecule has 4 atom stereocenters. The molecular weight excluding hydrogens is 174 g/mol. The predicted molar refractivity (Wildman–Crippen MR) is 52.7 cm³/mol. The number of hydrogen-bond donors (Lipinski definition) is 2. The first-order valence-corrected chi connectivity index (χ1v) is 5.81. The van der Waals surface area contributed by atoms with Crippen molar-refractivity contribution in [1.29, 1.82) is 0 Å². The van der Waals surface area contributed by atoms with Gasteiger partial charge in [0.2, 0.25) is 0 Å². The van der Waals surface area contributed by atoms with Gasteiger partial charge in [0.1, 0.15) is 0 Å². The molecule has 0 amide bonds. The van der Waals surface area contributed by atoms with E-state index in [1.165, 1.54) is 0 Å². The van der Waals surface area contributed by atoms with E-state index in [9.17, 15) is 4.21 Å². The first-order valence-electron chi connectivity index (χ1n) is 4.18. The molecule has 0 aromatic carbocycles. The highest BCUT2D eigenvalue weighted by molar-refractivity contribution is 7.84. The Labute approximate surface area is 77.0 Å². The Hall–Kier alpha value is 0.0700. The van der Waals surface area contributed by atoms with E-state index in [1.54, 1.807) is 13.2 Å². The van der Waals surface area contributed by atoms with E-state index in [0.29, 0.717) is 6.54 Å². The predicted octanol–water partition coefficient (Wildman–Crippen LogP) is 0.112. The van der Waals surface area contributed by atoms with Crippen LogP contribution in [0.3, 0.4) is 0 Å². The minimum absolute atomic E-state index is 0.0657. The van der Waals surface area contributed by atoms with Crippen LogP contribution in [0.2, 0.25) is 0 Å². The largest absolute Gasteiger partial charge is 0.392 e. The Balaban J connectivity index is 3.61. The molecule has 2 N–H and O–H groups in total. The van der Waals surface area contributed by atoms with Gasteiger partial charge in [-0.1, -0.05) is 0 Å². The summed E-state index contributed by atoms with van der Waals surface area (Å²) in [6.45, 7) is 6.27. The standard InChI is InChI=1S/C8H19NO2S/c1-6(12(4)11)5-9-7(2)8(3)10/h6-10H,5H2,1-4H3. The Bertz CT molecular complexity index is 150. The Morgan fingerprint density at radius 1 is 1.42 bits per heavy atom. The average molecular weight is 193 g/mol. The SMILES string of the molecule is CC(O)C(C)NCC(C)S(C)=O. The lowest BCUT2D eigenvalue weighted by Gasteiger charge is -2.18. The zero-order chi connectivity index (χ0) is 9.72. The van der Waals surface area contributed by atoms with Crippen LogP contribution in [0, 0.1) is 0 Å². The molecule has 0 aliphatic rings. The molecule has 0 radical (unpaired) electrons. The lowest BCUT2D eigenvalue weighted by Crippen LogP contribution is -2.40. The Morgan fingerprint density at radius 3 is 2.25 bits per heavy atom. The second kappa shape index (κ2) is 5.67. The van der Waals surface area contributed by atoms with Gasteiger partial charge in [0.15, 0.2) is 0 Å². The maximum atomic E-state index is 10.9. The van der Waals surface area contributed by atoms with E-state index in [0.717, 1.165) is 0 Å². The minimum atomic E-state index is -0.784. The third-order valence-corrected chi connectivity index (χ3v) is 3.32. The van der Waals surface area contributed by atoms with Crippen LogP contribution in [-0.4, -0.2) is 39.5 Å². The van der Waals surface area contributed by atoms with Gasteiger partial charge >= 0.3 is 0 Å². The third-order valence-electron chi connectivity index (χ3n) is 2.02. The van der Waals surface area contributed by atoms with Crippen molar-refractivity contribution in [3.8, 4) is 0 Å². The molecule has 0 bridgehead atoms. The summed E-state index contributed by atoms with van der Waals surface area (Å²) in [5, 5.41) is 12.4. The maximum Gasteiger partial charge on any atom is 0.0662 e. The van der Waals surface area contributed by atoms with Crippen LogP contribution in [-0.2, 0) is 10.8 Å². The molecule has 4 unspecified atom stereocenters. The van der Waals surface area contributed by atoms with Crippen LogP contribution in [0.4, 0.5) is 0 Å². The number of aliphatic hydroxyl groups is 1. The molecule has 0 fully saturated rings. The quantitative estimate of drug-likeness (QED) is 0.651. The molecule has 0 aromatic heterocycles. The van der Waals surface area contributed by atoms with Crippen molar-refractivity contribution >= 4 is 10.8 Å². The Morgan fingerprint density at radius 2 is 1.92 bits per heavy atom. The normalized spacial score (nSPS) is 21.4. The topological polar surface area (TPSA) is 49.3 Å². The second-order valence-corrected chi connectivity index (χ2v) is 5.05. The van der Waals surface area contributed by atoms with Crippen molar-refractivity contribution in [3.05, 3.63) is 0 Å². The van der Waals surface area contributed by atoms with Crippen molar-refractivity contribution in [2.75, 3.05) is 12.8 Å². The van der Waals surface area contributed by atoms with Gasteiger partial charge in [-0.2, -0.15) is 0 Å². The van der Waals surface area contributed by atoms with Crippen LogP contribution in [0.15, 0.2) is 0 Å². The summed E-state index contributed by atoms with van der Waals surface area (Å²) < 4.78 is 10.9. The highest BCUT2D eigenvalue weighted by Gasteiger charge is 2.11. The molecule has 0 saturated carbocycles. The molecule has 0 spiro atoms. The number of nitrogens with one attached hydrogen (secondary N) is 1.